The molecule has 21 heavy (non-hydrogen) atoms. The van der Waals surface area contributed by atoms with Crippen molar-refractivity contribution in [2.75, 3.05) is 20.2 Å². The first-order valence-corrected chi connectivity index (χ1v) is 6.97. The molecule has 0 aliphatic heterocycles. The molecule has 2 heterocycles. The molecule has 0 saturated carbocycles. The van der Waals surface area contributed by atoms with Gasteiger partial charge >= 0.3 is 5.97 Å². The lowest BCUT2D eigenvalue weighted by Crippen LogP contribution is -2.31. The molecular weight excluding hydrogens is 266 g/mol. The average molecular weight is 285 g/mol. The maximum absolute atomic E-state index is 11.5. The Kier molecular flexibility index (Phi) is 4.96. The topological polar surface area (TPSA) is 57.7 Å². The first kappa shape index (κ1) is 15.1. The van der Waals surface area contributed by atoms with Crippen molar-refractivity contribution in [3.8, 4) is 6.07 Å². The van der Waals surface area contributed by atoms with Gasteiger partial charge in [-0.3, -0.25) is 9.69 Å². The van der Waals surface area contributed by atoms with Crippen LogP contribution in [0.4, 0.5) is 0 Å². The maximum Gasteiger partial charge on any atom is 0.319 e. The second-order valence-electron chi connectivity index (χ2n) is 4.92. The van der Waals surface area contributed by atoms with E-state index in [-0.39, 0.29) is 12.5 Å². The third-order valence-electron chi connectivity index (χ3n) is 3.39. The Balaban J connectivity index is 2.28. The van der Waals surface area contributed by atoms with E-state index in [0.717, 1.165) is 24.0 Å². The van der Waals surface area contributed by atoms with Crippen LogP contribution in [0.1, 0.15) is 24.5 Å². The maximum atomic E-state index is 11.5. The van der Waals surface area contributed by atoms with Gasteiger partial charge in [-0.25, -0.2) is 0 Å². The molecule has 0 bridgehead atoms. The van der Waals surface area contributed by atoms with E-state index >= 15 is 0 Å². The van der Waals surface area contributed by atoms with Crippen molar-refractivity contribution in [1.82, 2.24) is 9.30 Å². The van der Waals surface area contributed by atoms with Crippen LogP contribution < -0.4 is 0 Å². The van der Waals surface area contributed by atoms with Crippen LogP contribution in [0.3, 0.4) is 0 Å². The van der Waals surface area contributed by atoms with Crippen LogP contribution in [0.25, 0.3) is 5.52 Å². The number of hydrogen-bond acceptors (Lipinski definition) is 4. The zero-order valence-corrected chi connectivity index (χ0v) is 12.4. The Morgan fingerprint density at radius 1 is 1.48 bits per heavy atom. The van der Waals surface area contributed by atoms with Gasteiger partial charge in [0.05, 0.1) is 24.7 Å². The van der Waals surface area contributed by atoms with Gasteiger partial charge in [-0.2, -0.15) is 5.26 Å². The third kappa shape index (κ3) is 3.41. The van der Waals surface area contributed by atoms with Crippen molar-refractivity contribution in [3.05, 3.63) is 41.7 Å². The van der Waals surface area contributed by atoms with Crippen molar-refractivity contribution in [3.63, 3.8) is 0 Å². The Hall–Kier alpha value is -2.32. The summed E-state index contributed by atoms with van der Waals surface area (Å²) in [6, 6.07) is 8.03. The van der Waals surface area contributed by atoms with Gasteiger partial charge in [0.15, 0.2) is 0 Å². The van der Waals surface area contributed by atoms with Gasteiger partial charge < -0.3 is 9.14 Å². The van der Waals surface area contributed by atoms with Crippen LogP contribution in [0.5, 0.6) is 0 Å². The summed E-state index contributed by atoms with van der Waals surface area (Å²) >= 11 is 0. The lowest BCUT2D eigenvalue weighted by atomic mass is 10.1. The first-order chi connectivity index (χ1) is 10.2. The van der Waals surface area contributed by atoms with Crippen molar-refractivity contribution in [2.24, 2.45) is 0 Å². The zero-order valence-electron chi connectivity index (χ0n) is 12.4. The molecule has 2 aromatic heterocycles. The van der Waals surface area contributed by atoms with Crippen LogP contribution in [-0.4, -0.2) is 35.5 Å². The molecular formula is C16H19N3O2. The minimum absolute atomic E-state index is 0.238. The molecule has 0 aromatic carbocycles. The number of rotatable bonds is 6. The highest BCUT2D eigenvalue weighted by molar-refractivity contribution is 5.71. The number of methoxy groups -OCH3 is 1. The number of carbonyl (C=O) groups excluding carboxylic acids is 1. The van der Waals surface area contributed by atoms with Crippen molar-refractivity contribution in [2.45, 2.75) is 19.9 Å². The van der Waals surface area contributed by atoms with Gasteiger partial charge in [0, 0.05) is 24.5 Å². The minimum Gasteiger partial charge on any atom is -0.468 e. The first-order valence-electron chi connectivity index (χ1n) is 6.97. The largest absolute Gasteiger partial charge is 0.468 e. The fourth-order valence-electron chi connectivity index (χ4n) is 2.44. The molecule has 0 atom stereocenters. The predicted octanol–water partition coefficient (Wildman–Crippen LogP) is 2.20. The molecule has 0 unspecified atom stereocenters. The SMILES string of the molecule is CCCN(CC(=O)OC)Cc1cn2ccccc2c1C#N. The van der Waals surface area contributed by atoms with E-state index in [9.17, 15) is 10.1 Å². The number of hydrogen-bond donors (Lipinski definition) is 0. The highest BCUT2D eigenvalue weighted by atomic mass is 16.5. The number of nitrogens with zero attached hydrogens (tertiary/aromatic N) is 3. The normalized spacial score (nSPS) is 10.8. The summed E-state index contributed by atoms with van der Waals surface area (Å²) in [5, 5.41) is 9.40. The van der Waals surface area contributed by atoms with E-state index in [4.69, 9.17) is 4.74 Å². The summed E-state index contributed by atoms with van der Waals surface area (Å²) in [5.41, 5.74) is 2.49. The van der Waals surface area contributed by atoms with Crippen LogP contribution in [0.2, 0.25) is 0 Å². The van der Waals surface area contributed by atoms with Gasteiger partial charge in [-0.1, -0.05) is 13.0 Å². The Labute approximate surface area is 124 Å². The smallest absolute Gasteiger partial charge is 0.319 e. The standard InChI is InChI=1S/C16H19N3O2/c1-3-7-18(12-16(20)21-2)10-13-11-19-8-5-4-6-15(19)14(13)9-17/h4-6,8,11H,3,7,10,12H2,1-2H3. The molecule has 0 saturated heterocycles. The summed E-state index contributed by atoms with van der Waals surface area (Å²) in [4.78, 5) is 13.5. The average Bonchev–Trinajstić information content (AvgIpc) is 2.84. The van der Waals surface area contributed by atoms with Crippen LogP contribution >= 0.6 is 0 Å². The fraction of sp³-hybridized carbons (Fsp3) is 0.375. The van der Waals surface area contributed by atoms with Gasteiger partial charge in [0.2, 0.25) is 0 Å². The van der Waals surface area contributed by atoms with E-state index in [2.05, 4.69) is 13.0 Å². The lowest BCUT2D eigenvalue weighted by Gasteiger charge is -2.19. The van der Waals surface area contributed by atoms with Crippen molar-refractivity contribution in [1.29, 1.82) is 5.26 Å². The van der Waals surface area contributed by atoms with E-state index < -0.39 is 0 Å². The Bertz CT molecular complexity index is 670. The van der Waals surface area contributed by atoms with Crippen molar-refractivity contribution >= 4 is 11.5 Å². The number of fused-ring (bicyclic) bond motifs is 1. The van der Waals surface area contributed by atoms with Gasteiger partial charge in [0.1, 0.15) is 6.07 Å². The van der Waals surface area contributed by atoms with Crippen LogP contribution in [0.15, 0.2) is 30.6 Å². The summed E-state index contributed by atoms with van der Waals surface area (Å²) in [5.74, 6) is -0.259. The number of pyridine rings is 1. The summed E-state index contributed by atoms with van der Waals surface area (Å²) < 4.78 is 6.67. The van der Waals surface area contributed by atoms with E-state index in [0.29, 0.717) is 12.1 Å². The molecule has 2 aromatic rings. The van der Waals surface area contributed by atoms with E-state index in [1.54, 1.807) is 0 Å². The third-order valence-corrected chi connectivity index (χ3v) is 3.39. The number of nitriles is 1. The molecule has 5 nitrogen and oxygen atoms in total. The van der Waals surface area contributed by atoms with Gasteiger partial charge in [-0.05, 0) is 25.1 Å². The Morgan fingerprint density at radius 3 is 2.95 bits per heavy atom. The summed E-state index contributed by atoms with van der Waals surface area (Å²) in [6.07, 6.45) is 4.81. The molecule has 0 radical (unpaired) electrons. The molecule has 0 spiro atoms. The predicted molar refractivity (Wildman–Crippen MR) is 79.7 cm³/mol. The lowest BCUT2D eigenvalue weighted by molar-refractivity contribution is -0.142. The Morgan fingerprint density at radius 2 is 2.29 bits per heavy atom. The van der Waals surface area contributed by atoms with Crippen molar-refractivity contribution < 1.29 is 9.53 Å². The van der Waals surface area contributed by atoms with E-state index in [1.165, 1.54) is 7.11 Å². The highest BCUT2D eigenvalue weighted by Gasteiger charge is 2.16. The molecule has 0 aliphatic rings. The molecule has 5 heteroatoms. The second-order valence-corrected chi connectivity index (χ2v) is 4.92. The highest BCUT2D eigenvalue weighted by Crippen LogP contribution is 2.19. The molecule has 2 rings (SSSR count). The molecule has 110 valence electrons. The second kappa shape index (κ2) is 6.91. The van der Waals surface area contributed by atoms with E-state index in [1.807, 2.05) is 39.9 Å². The summed E-state index contributed by atoms with van der Waals surface area (Å²) in [6.45, 7) is 3.65. The molecule has 0 fully saturated rings. The van der Waals surface area contributed by atoms with Gasteiger partial charge in [0.25, 0.3) is 0 Å². The van der Waals surface area contributed by atoms with Crippen LogP contribution in [-0.2, 0) is 16.1 Å². The fourth-order valence-corrected chi connectivity index (χ4v) is 2.44. The minimum atomic E-state index is -0.259. The number of esters is 1. The number of ether oxygens (including phenoxy) is 1. The van der Waals surface area contributed by atoms with Gasteiger partial charge in [-0.15, -0.1) is 0 Å². The molecule has 0 aliphatic carbocycles. The monoisotopic (exact) mass is 285 g/mol. The summed E-state index contributed by atoms with van der Waals surface area (Å²) in [7, 11) is 1.39. The van der Waals surface area contributed by atoms with Crippen LogP contribution in [0, 0.1) is 11.3 Å². The quantitative estimate of drug-likeness (QED) is 0.763. The number of carbonyl (C=O) groups is 1. The number of aromatic nitrogens is 1. The zero-order chi connectivity index (χ0) is 15.2. The molecule has 0 N–H and O–H groups in total. The molecule has 0 amide bonds.